The first-order chi connectivity index (χ1) is 17.2. The number of para-hydroxylation sites is 4. The van der Waals surface area contributed by atoms with E-state index in [2.05, 4.69) is 15.5 Å². The lowest BCUT2D eigenvalue weighted by molar-refractivity contribution is -0.121. The van der Waals surface area contributed by atoms with Crippen LogP contribution in [0.1, 0.15) is 5.56 Å². The molecule has 0 aliphatic carbocycles. The van der Waals surface area contributed by atoms with E-state index in [0.29, 0.717) is 17.0 Å². The number of hydrogen-bond donors (Lipinski definition) is 1. The molecule has 8 nitrogen and oxygen atoms in total. The highest BCUT2D eigenvalue weighted by molar-refractivity contribution is 5.91. The van der Waals surface area contributed by atoms with E-state index in [9.17, 15) is 4.79 Å². The minimum atomic E-state index is -0.259. The number of rotatable bonds is 6. The van der Waals surface area contributed by atoms with Crippen LogP contribution in [0.15, 0.2) is 107 Å². The summed E-state index contributed by atoms with van der Waals surface area (Å²) in [4.78, 5) is 16.8. The van der Waals surface area contributed by atoms with Crippen molar-refractivity contribution in [2.24, 2.45) is 5.10 Å². The SMILES string of the molecule is O=C(Cn1cnc2ccccc21)NN=Cc1cn(-c2ccccc2)nc1-c1cc2ccccc2o1. The second kappa shape index (κ2) is 8.75. The summed E-state index contributed by atoms with van der Waals surface area (Å²) in [7, 11) is 0. The Labute approximate surface area is 200 Å². The summed E-state index contributed by atoms with van der Waals surface area (Å²) in [5.41, 5.74) is 7.35. The molecule has 0 unspecified atom stereocenters. The average molecular weight is 460 g/mol. The van der Waals surface area contributed by atoms with E-state index in [1.54, 1.807) is 21.8 Å². The van der Waals surface area contributed by atoms with Gasteiger partial charge < -0.3 is 8.98 Å². The molecule has 0 atom stereocenters. The van der Waals surface area contributed by atoms with E-state index >= 15 is 0 Å². The molecular formula is C27H20N6O2. The molecule has 0 spiro atoms. The Morgan fingerprint density at radius 2 is 1.80 bits per heavy atom. The smallest absolute Gasteiger partial charge is 0.260 e. The van der Waals surface area contributed by atoms with Crippen LogP contribution in [0.25, 0.3) is 39.1 Å². The third-order valence-corrected chi connectivity index (χ3v) is 5.66. The van der Waals surface area contributed by atoms with Crippen LogP contribution in [0.3, 0.4) is 0 Å². The van der Waals surface area contributed by atoms with E-state index in [0.717, 1.165) is 27.7 Å². The van der Waals surface area contributed by atoms with Crippen molar-refractivity contribution < 1.29 is 9.21 Å². The predicted molar refractivity (Wildman–Crippen MR) is 134 cm³/mol. The standard InChI is InChI=1S/C27H20N6O2/c34-26(17-32-18-28-22-11-5-6-12-23(22)32)30-29-15-20-16-33(21-9-2-1-3-10-21)31-27(20)25-14-19-8-4-7-13-24(19)35-25/h1-16,18H,17H2,(H,30,34). The molecule has 0 saturated carbocycles. The van der Waals surface area contributed by atoms with Crippen LogP contribution in [-0.4, -0.2) is 31.5 Å². The summed E-state index contributed by atoms with van der Waals surface area (Å²) in [6.45, 7) is 0.109. The zero-order chi connectivity index (χ0) is 23.6. The van der Waals surface area contributed by atoms with Crippen LogP contribution >= 0.6 is 0 Å². The topological polar surface area (TPSA) is 90.2 Å². The molecule has 3 aromatic carbocycles. The molecule has 0 fully saturated rings. The second-order valence-corrected chi connectivity index (χ2v) is 8.02. The van der Waals surface area contributed by atoms with E-state index in [1.807, 2.05) is 91.1 Å². The molecule has 6 aromatic rings. The molecule has 1 amide bonds. The highest BCUT2D eigenvalue weighted by Gasteiger charge is 2.16. The van der Waals surface area contributed by atoms with Crippen molar-refractivity contribution in [3.63, 3.8) is 0 Å². The van der Waals surface area contributed by atoms with Crippen molar-refractivity contribution in [3.8, 4) is 17.1 Å². The quantitative estimate of drug-likeness (QED) is 0.286. The lowest BCUT2D eigenvalue weighted by atomic mass is 10.2. The van der Waals surface area contributed by atoms with Crippen LogP contribution in [0.4, 0.5) is 0 Å². The van der Waals surface area contributed by atoms with Crippen LogP contribution in [0, 0.1) is 0 Å². The Kier molecular flexibility index (Phi) is 5.16. The maximum atomic E-state index is 12.5. The number of hydrazone groups is 1. The molecule has 3 heterocycles. The van der Waals surface area contributed by atoms with Gasteiger partial charge in [0.05, 0.1) is 29.3 Å². The van der Waals surface area contributed by atoms with Crippen molar-refractivity contribution in [1.82, 2.24) is 24.8 Å². The number of hydrogen-bond acceptors (Lipinski definition) is 5. The third-order valence-electron chi connectivity index (χ3n) is 5.66. The molecule has 1 N–H and O–H groups in total. The van der Waals surface area contributed by atoms with Gasteiger partial charge in [0.25, 0.3) is 5.91 Å². The fraction of sp³-hybridized carbons (Fsp3) is 0.0370. The Morgan fingerprint density at radius 3 is 2.69 bits per heavy atom. The normalized spacial score (nSPS) is 11.5. The lowest BCUT2D eigenvalue weighted by Crippen LogP contribution is -2.22. The van der Waals surface area contributed by atoms with Gasteiger partial charge in [-0.1, -0.05) is 48.5 Å². The van der Waals surface area contributed by atoms with Crippen molar-refractivity contribution >= 4 is 34.1 Å². The van der Waals surface area contributed by atoms with Crippen LogP contribution in [-0.2, 0) is 11.3 Å². The van der Waals surface area contributed by atoms with Gasteiger partial charge in [0, 0.05) is 17.1 Å². The van der Waals surface area contributed by atoms with Gasteiger partial charge in [-0.15, -0.1) is 0 Å². The van der Waals surface area contributed by atoms with Crippen LogP contribution in [0.5, 0.6) is 0 Å². The van der Waals surface area contributed by atoms with Gasteiger partial charge in [0.1, 0.15) is 17.8 Å². The molecule has 35 heavy (non-hydrogen) atoms. The Hall–Kier alpha value is -4.98. The average Bonchev–Trinajstić information content (AvgIpc) is 3.61. The maximum Gasteiger partial charge on any atom is 0.260 e. The molecule has 0 aliphatic rings. The number of furan rings is 1. The number of fused-ring (bicyclic) bond motifs is 2. The summed E-state index contributed by atoms with van der Waals surface area (Å²) in [6.07, 6.45) is 5.09. The van der Waals surface area contributed by atoms with Gasteiger partial charge in [-0.2, -0.15) is 10.2 Å². The van der Waals surface area contributed by atoms with Crippen molar-refractivity contribution in [2.45, 2.75) is 6.54 Å². The van der Waals surface area contributed by atoms with E-state index < -0.39 is 0 Å². The second-order valence-electron chi connectivity index (χ2n) is 8.02. The molecule has 6 rings (SSSR count). The number of amides is 1. The van der Waals surface area contributed by atoms with E-state index in [4.69, 9.17) is 9.52 Å². The highest BCUT2D eigenvalue weighted by atomic mass is 16.3. The zero-order valence-electron chi connectivity index (χ0n) is 18.6. The lowest BCUT2D eigenvalue weighted by Gasteiger charge is -2.02. The first-order valence-corrected chi connectivity index (χ1v) is 11.1. The van der Waals surface area contributed by atoms with Gasteiger partial charge in [-0.25, -0.2) is 15.1 Å². The molecule has 0 radical (unpaired) electrons. The van der Waals surface area contributed by atoms with E-state index in [1.165, 1.54) is 0 Å². The largest absolute Gasteiger partial charge is 0.454 e. The molecule has 3 aromatic heterocycles. The third kappa shape index (κ3) is 4.08. The maximum absolute atomic E-state index is 12.5. The summed E-state index contributed by atoms with van der Waals surface area (Å²) in [5, 5.41) is 9.93. The molecule has 8 heteroatoms. The highest BCUT2D eigenvalue weighted by Crippen LogP contribution is 2.29. The molecule has 0 bridgehead atoms. The monoisotopic (exact) mass is 460 g/mol. The first kappa shape index (κ1) is 20.6. The molecule has 0 aliphatic heterocycles. The number of nitrogens with zero attached hydrogens (tertiary/aromatic N) is 5. The number of aromatic nitrogens is 4. The van der Waals surface area contributed by atoms with Gasteiger partial charge in [-0.3, -0.25) is 4.79 Å². The first-order valence-electron chi connectivity index (χ1n) is 11.1. The number of benzene rings is 3. The van der Waals surface area contributed by atoms with Gasteiger partial charge >= 0.3 is 0 Å². The minimum Gasteiger partial charge on any atom is -0.454 e. The molecular weight excluding hydrogens is 440 g/mol. The summed E-state index contributed by atoms with van der Waals surface area (Å²) < 4.78 is 9.60. The number of carbonyl (C=O) groups is 1. The zero-order valence-corrected chi connectivity index (χ0v) is 18.6. The van der Waals surface area contributed by atoms with Gasteiger partial charge in [-0.05, 0) is 36.4 Å². The van der Waals surface area contributed by atoms with E-state index in [-0.39, 0.29) is 12.5 Å². The fourth-order valence-corrected chi connectivity index (χ4v) is 3.98. The van der Waals surface area contributed by atoms with Gasteiger partial charge in [0.2, 0.25) is 0 Å². The Morgan fingerprint density at radius 1 is 1.00 bits per heavy atom. The summed E-state index contributed by atoms with van der Waals surface area (Å²) in [5.74, 6) is 0.365. The molecule has 0 saturated heterocycles. The fourth-order valence-electron chi connectivity index (χ4n) is 3.98. The predicted octanol–water partition coefficient (Wildman–Crippen LogP) is 4.79. The minimum absolute atomic E-state index is 0.109. The summed E-state index contributed by atoms with van der Waals surface area (Å²) in [6, 6.07) is 27.2. The summed E-state index contributed by atoms with van der Waals surface area (Å²) >= 11 is 0. The van der Waals surface area contributed by atoms with Crippen molar-refractivity contribution in [1.29, 1.82) is 0 Å². The van der Waals surface area contributed by atoms with Crippen molar-refractivity contribution in [3.05, 3.63) is 103 Å². The number of imidazole rings is 1. The number of nitrogens with one attached hydrogen (secondary N) is 1. The number of carbonyl (C=O) groups excluding carboxylic acids is 1. The Bertz CT molecular complexity index is 1640. The van der Waals surface area contributed by atoms with Crippen LogP contribution < -0.4 is 5.43 Å². The van der Waals surface area contributed by atoms with Gasteiger partial charge in [0.15, 0.2) is 5.76 Å². The Balaban J connectivity index is 1.28. The molecule has 170 valence electrons. The van der Waals surface area contributed by atoms with Crippen molar-refractivity contribution in [2.75, 3.05) is 0 Å². The van der Waals surface area contributed by atoms with Crippen LogP contribution in [0.2, 0.25) is 0 Å².